The first kappa shape index (κ1) is 70.2. The van der Waals surface area contributed by atoms with Gasteiger partial charge in [-0.3, -0.25) is 19.2 Å². The number of para-hydroxylation sites is 4. The van der Waals surface area contributed by atoms with Crippen molar-refractivity contribution in [3.8, 4) is 33.4 Å². The highest BCUT2D eigenvalue weighted by Gasteiger charge is 2.39. The number of ether oxygens (including phenoxy) is 4. The van der Waals surface area contributed by atoms with Crippen LogP contribution in [-0.2, 0) is 38.1 Å². The fraction of sp³-hybridized carbons (Fsp3) is 0.190. The molecule has 0 bridgehead atoms. The predicted octanol–water partition coefficient (Wildman–Crippen LogP) is 21.6. The van der Waals surface area contributed by atoms with Gasteiger partial charge >= 0.3 is 36.2 Å². The molecule has 0 radical (unpaired) electrons. The Morgan fingerprint density at radius 1 is 0.294 bits per heavy atom. The van der Waals surface area contributed by atoms with Crippen molar-refractivity contribution in [2.24, 2.45) is 0 Å². The number of esters is 4. The molecule has 0 saturated carbocycles. The summed E-state index contributed by atoms with van der Waals surface area (Å²) in [7, 11) is 0. The lowest BCUT2D eigenvalue weighted by atomic mass is 9.95. The molecule has 4 unspecified atom stereocenters. The van der Waals surface area contributed by atoms with Gasteiger partial charge in [0.2, 0.25) is 0 Å². The largest absolute Gasteiger partial charge is 0.458 e. The molecule has 4 atom stereocenters. The molecule has 18 heteroatoms. The van der Waals surface area contributed by atoms with Crippen molar-refractivity contribution < 1.29 is 64.5 Å². The molecular formula is C84H72F6N4O8. The smallest absolute Gasteiger partial charge is 0.399 e. The Balaban J connectivity index is 0.890. The molecular weight excluding hydrogens is 1310 g/mol. The molecule has 10 aromatic rings. The highest BCUT2D eigenvalue weighted by Crippen LogP contribution is 2.44. The fourth-order valence-corrected chi connectivity index (χ4v) is 12.7. The quantitative estimate of drug-likeness (QED) is 0.0345. The van der Waals surface area contributed by atoms with Crippen molar-refractivity contribution in [3.63, 3.8) is 0 Å². The van der Waals surface area contributed by atoms with Gasteiger partial charge in [0.1, 0.15) is 37.3 Å². The van der Waals surface area contributed by atoms with E-state index in [1.54, 1.807) is 43.0 Å². The van der Waals surface area contributed by atoms with E-state index in [1.165, 1.54) is 6.08 Å². The monoisotopic (exact) mass is 1380 g/mol. The van der Waals surface area contributed by atoms with Gasteiger partial charge in [-0.25, -0.2) is 0 Å². The van der Waals surface area contributed by atoms with Crippen LogP contribution in [-0.4, -0.2) is 60.6 Å². The predicted molar refractivity (Wildman–Crippen MR) is 385 cm³/mol. The van der Waals surface area contributed by atoms with Crippen molar-refractivity contribution in [2.45, 2.75) is 102 Å². The van der Waals surface area contributed by atoms with E-state index in [2.05, 4.69) is 58.3 Å². The molecule has 2 aliphatic carbocycles. The van der Waals surface area contributed by atoms with Crippen LogP contribution in [0.3, 0.4) is 0 Å². The zero-order valence-electron chi connectivity index (χ0n) is 55.8. The Bertz CT molecular complexity index is 4470. The minimum atomic E-state index is -4.92. The van der Waals surface area contributed by atoms with Crippen LogP contribution < -0.4 is 19.6 Å². The van der Waals surface area contributed by atoms with Gasteiger partial charge < -0.3 is 38.5 Å². The minimum Gasteiger partial charge on any atom is -0.458 e. The number of halogens is 6. The first-order valence-electron chi connectivity index (χ1n) is 33.7. The van der Waals surface area contributed by atoms with Gasteiger partial charge in [0.15, 0.2) is 0 Å². The molecule has 2 aliphatic rings. The van der Waals surface area contributed by atoms with Crippen molar-refractivity contribution >= 4 is 80.8 Å². The number of alkyl halides is 6. The number of benzene rings is 10. The van der Waals surface area contributed by atoms with Crippen LogP contribution in [0.5, 0.6) is 0 Å². The van der Waals surface area contributed by atoms with Gasteiger partial charge in [-0.1, -0.05) is 159 Å². The number of nitrogens with zero attached hydrogens (tertiary/aromatic N) is 4. The normalized spacial score (nSPS) is 15.9. The van der Waals surface area contributed by atoms with Gasteiger partial charge in [-0.15, -0.1) is 0 Å². The number of carbonyl (C=O) groups is 4. The van der Waals surface area contributed by atoms with Gasteiger partial charge in [-0.2, -0.15) is 26.3 Å². The van der Waals surface area contributed by atoms with E-state index in [4.69, 9.17) is 18.9 Å². The van der Waals surface area contributed by atoms with Crippen molar-refractivity contribution in [2.75, 3.05) is 19.6 Å². The van der Waals surface area contributed by atoms with E-state index in [-0.39, 0.29) is 37.3 Å². The summed E-state index contributed by atoms with van der Waals surface area (Å²) in [5, 5.41) is 0. The Kier molecular flexibility index (Phi) is 21.8. The summed E-state index contributed by atoms with van der Waals surface area (Å²) >= 11 is 0. The van der Waals surface area contributed by atoms with Crippen LogP contribution in [0.2, 0.25) is 0 Å². The highest BCUT2D eigenvalue weighted by atomic mass is 19.4. The molecule has 0 aromatic heterocycles. The molecule has 0 N–H and O–H groups in total. The second kappa shape index (κ2) is 31.7. The third-order valence-electron chi connectivity index (χ3n) is 17.5. The summed E-state index contributed by atoms with van der Waals surface area (Å²) in [6.07, 6.45) is -13.7. The fourth-order valence-electron chi connectivity index (χ4n) is 12.7. The van der Waals surface area contributed by atoms with E-state index in [1.807, 2.05) is 205 Å². The van der Waals surface area contributed by atoms with E-state index in [0.29, 0.717) is 41.2 Å². The van der Waals surface area contributed by atoms with E-state index in [9.17, 15) is 45.5 Å². The number of carbonyl (C=O) groups excluding carboxylic acids is 4. The minimum absolute atomic E-state index is 0.0457. The molecule has 0 amide bonds. The average Bonchev–Trinajstić information content (AvgIpc) is 0.788. The first-order chi connectivity index (χ1) is 49.3. The van der Waals surface area contributed by atoms with Crippen LogP contribution in [0, 0.1) is 0 Å². The van der Waals surface area contributed by atoms with Crippen LogP contribution >= 0.6 is 0 Å². The van der Waals surface area contributed by atoms with Crippen LogP contribution in [0.25, 0.3) is 33.4 Å². The van der Waals surface area contributed by atoms with Gasteiger partial charge in [0.25, 0.3) is 0 Å². The molecule has 518 valence electrons. The van der Waals surface area contributed by atoms with Gasteiger partial charge in [0, 0.05) is 69.7 Å². The first-order valence-corrected chi connectivity index (χ1v) is 33.7. The Hall–Kier alpha value is -11.7. The van der Waals surface area contributed by atoms with Crippen LogP contribution in [0.15, 0.2) is 290 Å². The second-order valence-corrected chi connectivity index (χ2v) is 24.6. The summed E-state index contributed by atoms with van der Waals surface area (Å²) in [4.78, 5) is 59.8. The topological polar surface area (TPSA) is 118 Å². The maximum atomic E-state index is 13.8. The maximum Gasteiger partial charge on any atom is 0.399 e. The third kappa shape index (κ3) is 17.5. The molecule has 0 saturated heterocycles. The van der Waals surface area contributed by atoms with Gasteiger partial charge in [-0.05, 0) is 193 Å². The van der Waals surface area contributed by atoms with Crippen LogP contribution in [0.4, 0.5) is 83.2 Å². The zero-order valence-corrected chi connectivity index (χ0v) is 55.8. The summed E-state index contributed by atoms with van der Waals surface area (Å²) in [5.74, 6) is -3.92. The lowest BCUT2D eigenvalue weighted by molar-refractivity contribution is -0.178. The highest BCUT2D eigenvalue weighted by molar-refractivity contribution is 5.83. The van der Waals surface area contributed by atoms with E-state index in [0.717, 1.165) is 67.6 Å². The van der Waals surface area contributed by atoms with E-state index < -0.39 is 67.5 Å². The van der Waals surface area contributed by atoms with Crippen LogP contribution in [0.1, 0.15) is 65.2 Å². The van der Waals surface area contributed by atoms with Crippen molar-refractivity contribution in [1.82, 2.24) is 0 Å². The molecule has 102 heavy (non-hydrogen) atoms. The number of hydrogen-bond acceptors (Lipinski definition) is 12. The zero-order chi connectivity index (χ0) is 71.3. The number of rotatable bonds is 23. The Labute approximate surface area is 587 Å². The number of anilines is 10. The van der Waals surface area contributed by atoms with Gasteiger partial charge in [0.05, 0.1) is 11.4 Å². The third-order valence-corrected chi connectivity index (χ3v) is 17.5. The summed E-state index contributed by atoms with van der Waals surface area (Å²) in [5.41, 5.74) is 13.6. The Morgan fingerprint density at radius 2 is 0.510 bits per heavy atom. The lowest BCUT2D eigenvalue weighted by Gasteiger charge is -2.36. The molecule has 0 fully saturated rings. The standard InChI is InChI=1S/C84H72F6N4O8/c1-3-79(95)99-73-49-51-77(101-80(96)4-2)75(53-73)93(69-41-29-59(30-42-69)57-25-37-67(38-26-57)91(63-17-9-5-10-18-63)64-19-11-6-12-20-64)70-43-33-61(34-44-70)62-35-47-72(48-36-62)94(76-54-74(100-81(97)55-83(85,86)87)50-52-78(76)102-82(98)56-84(88,89)90)71-45-31-60(32-46-71)58-27-39-68(40-28-58)92(65-21-13-7-14-22-65)66-23-15-8-16-24-66/h5-48,53-54,73-74,77-78H,3-4,49-52,55-56H2,1-2H3. The molecule has 0 spiro atoms. The summed E-state index contributed by atoms with van der Waals surface area (Å²) < 4.78 is 105. The SMILES string of the molecule is CCC(=O)OC1C=C(N(c2ccc(-c3ccc(N(C4=CC(OC(=O)CC(F)(F)F)CCC4OC(=O)CC(F)(F)F)c4ccc(-c5ccc(N(c6ccccc6)c6ccccc6)cc5)cc4)cc3)cc2)c2ccc(-c3ccc(N(c4ccccc4)c4ccccc4)cc3)cc2)C(OC(=O)CC)CC1. The second-order valence-electron chi connectivity index (χ2n) is 24.6. The Morgan fingerprint density at radius 3 is 0.765 bits per heavy atom. The maximum absolute atomic E-state index is 13.8. The lowest BCUT2D eigenvalue weighted by Crippen LogP contribution is -2.37. The van der Waals surface area contributed by atoms with Crippen molar-refractivity contribution in [3.05, 3.63) is 290 Å². The summed E-state index contributed by atoms with van der Waals surface area (Å²) in [6, 6.07) is 86.4. The van der Waals surface area contributed by atoms with E-state index >= 15 is 0 Å². The molecule has 0 heterocycles. The molecule has 12 nitrogen and oxygen atoms in total. The summed E-state index contributed by atoms with van der Waals surface area (Å²) in [6.45, 7) is 3.45. The molecule has 10 aromatic carbocycles. The average molecular weight is 1380 g/mol. The van der Waals surface area contributed by atoms with Crippen molar-refractivity contribution in [1.29, 1.82) is 0 Å². The molecule has 12 rings (SSSR count). The molecule has 0 aliphatic heterocycles. The number of hydrogen-bond donors (Lipinski definition) is 0.